The van der Waals surface area contributed by atoms with Gasteiger partial charge in [-0.15, -0.1) is 0 Å². The molecule has 8 nitrogen and oxygen atoms in total. The summed E-state index contributed by atoms with van der Waals surface area (Å²) in [5, 5.41) is 6.90. The monoisotopic (exact) mass is 495 g/mol. The number of alkyl halides is 5. The maximum absolute atomic E-state index is 14.5. The molecule has 1 saturated heterocycles. The van der Waals surface area contributed by atoms with Gasteiger partial charge in [-0.1, -0.05) is 13.0 Å². The second-order valence-electron chi connectivity index (χ2n) is 8.46. The molecule has 0 aliphatic carbocycles. The number of aromatic nitrogens is 5. The lowest BCUT2D eigenvalue weighted by molar-refractivity contribution is -0.138. The highest BCUT2D eigenvalue weighted by Crippen LogP contribution is 2.36. The van der Waals surface area contributed by atoms with Gasteiger partial charge in [0, 0.05) is 38.6 Å². The van der Waals surface area contributed by atoms with E-state index in [1.165, 1.54) is 10.9 Å². The SMILES string of the molecule is CC1CC(F)(F)CN(C(=O)c2cnn(C)c2-c2ccccn2)C1CNc1ncc(C(F)(F)F)cn1. The van der Waals surface area contributed by atoms with Crippen molar-refractivity contribution in [3.8, 4) is 11.4 Å². The van der Waals surface area contributed by atoms with Gasteiger partial charge in [0.25, 0.3) is 11.8 Å². The van der Waals surface area contributed by atoms with Gasteiger partial charge in [-0.05, 0) is 18.1 Å². The maximum Gasteiger partial charge on any atom is 0.419 e. The molecule has 0 bridgehead atoms. The molecule has 1 amide bonds. The highest BCUT2D eigenvalue weighted by molar-refractivity contribution is 5.99. The van der Waals surface area contributed by atoms with E-state index in [4.69, 9.17) is 0 Å². The summed E-state index contributed by atoms with van der Waals surface area (Å²) in [6.07, 6.45) is -0.911. The van der Waals surface area contributed by atoms with Crippen molar-refractivity contribution in [1.82, 2.24) is 29.6 Å². The number of hydrogen-bond donors (Lipinski definition) is 1. The molecule has 0 saturated carbocycles. The normalized spacial score (nSPS) is 20.0. The summed E-state index contributed by atoms with van der Waals surface area (Å²) >= 11 is 0. The molecule has 2 atom stereocenters. The van der Waals surface area contributed by atoms with Crippen LogP contribution in [0.15, 0.2) is 43.0 Å². The Morgan fingerprint density at radius 1 is 1.17 bits per heavy atom. The van der Waals surface area contributed by atoms with Gasteiger partial charge in [-0.25, -0.2) is 18.7 Å². The number of aryl methyl sites for hydroxylation is 1. The first-order valence-corrected chi connectivity index (χ1v) is 10.7. The second kappa shape index (κ2) is 9.19. The van der Waals surface area contributed by atoms with Crippen LogP contribution in [0.3, 0.4) is 0 Å². The van der Waals surface area contributed by atoms with Gasteiger partial charge in [-0.2, -0.15) is 18.3 Å². The zero-order chi connectivity index (χ0) is 25.4. The van der Waals surface area contributed by atoms with E-state index in [0.717, 1.165) is 4.90 Å². The molecule has 0 spiro atoms. The van der Waals surface area contributed by atoms with Gasteiger partial charge in [0.15, 0.2) is 0 Å². The first kappa shape index (κ1) is 24.5. The van der Waals surface area contributed by atoms with Crippen molar-refractivity contribution in [3.63, 3.8) is 0 Å². The van der Waals surface area contributed by atoms with Gasteiger partial charge in [-0.3, -0.25) is 14.5 Å². The van der Waals surface area contributed by atoms with Crippen LogP contribution >= 0.6 is 0 Å². The molecule has 2 unspecified atom stereocenters. The van der Waals surface area contributed by atoms with E-state index in [-0.39, 0.29) is 18.1 Å². The van der Waals surface area contributed by atoms with Gasteiger partial charge >= 0.3 is 6.18 Å². The minimum absolute atomic E-state index is 0.0342. The summed E-state index contributed by atoms with van der Waals surface area (Å²) in [5.41, 5.74) is -0.0496. The Morgan fingerprint density at radius 3 is 2.51 bits per heavy atom. The average molecular weight is 495 g/mol. The van der Waals surface area contributed by atoms with E-state index >= 15 is 0 Å². The molecular formula is C22H22F5N7O. The van der Waals surface area contributed by atoms with Crippen LogP contribution in [-0.2, 0) is 13.2 Å². The van der Waals surface area contributed by atoms with E-state index in [1.54, 1.807) is 38.4 Å². The highest BCUT2D eigenvalue weighted by atomic mass is 19.4. The summed E-state index contributed by atoms with van der Waals surface area (Å²) in [7, 11) is 1.62. The van der Waals surface area contributed by atoms with Crippen LogP contribution in [-0.4, -0.2) is 60.6 Å². The number of pyridine rings is 1. The lowest BCUT2D eigenvalue weighted by Gasteiger charge is -2.43. The number of nitrogens with zero attached hydrogens (tertiary/aromatic N) is 6. The number of carbonyl (C=O) groups is 1. The van der Waals surface area contributed by atoms with E-state index < -0.39 is 48.5 Å². The fraction of sp³-hybridized carbons (Fsp3) is 0.409. The number of carbonyl (C=O) groups excluding carboxylic acids is 1. The first-order valence-electron chi connectivity index (χ1n) is 10.7. The lowest BCUT2D eigenvalue weighted by atomic mass is 9.88. The van der Waals surface area contributed by atoms with E-state index in [0.29, 0.717) is 23.8 Å². The molecular weight excluding hydrogens is 473 g/mol. The summed E-state index contributed by atoms with van der Waals surface area (Å²) in [5.74, 6) is -4.49. The van der Waals surface area contributed by atoms with Crippen LogP contribution < -0.4 is 5.32 Å². The predicted molar refractivity (Wildman–Crippen MR) is 116 cm³/mol. The molecule has 0 radical (unpaired) electrons. The van der Waals surface area contributed by atoms with Crippen molar-refractivity contribution in [1.29, 1.82) is 0 Å². The zero-order valence-corrected chi connectivity index (χ0v) is 18.8. The Labute approximate surface area is 197 Å². The number of nitrogens with one attached hydrogen (secondary N) is 1. The third-order valence-corrected chi connectivity index (χ3v) is 5.87. The number of likely N-dealkylation sites (tertiary alicyclic amines) is 1. The fourth-order valence-electron chi connectivity index (χ4n) is 4.20. The summed E-state index contributed by atoms with van der Waals surface area (Å²) in [4.78, 5) is 26.2. The standard InChI is InChI=1S/C22H22F5N7O/c1-13-7-21(23,24)12-34(17(13)11-31-20-29-8-14(9-30-20)22(25,26)27)19(35)15-10-32-33(2)18(15)16-5-3-4-6-28-16/h3-6,8-10,13,17H,7,11-12H2,1-2H3,(H,29,30,31). The number of rotatable bonds is 5. The Balaban J connectivity index is 1.60. The molecule has 1 fully saturated rings. The third-order valence-electron chi connectivity index (χ3n) is 5.87. The minimum atomic E-state index is -4.58. The molecule has 3 aromatic heterocycles. The Bertz CT molecular complexity index is 1180. The molecule has 3 aromatic rings. The van der Waals surface area contributed by atoms with Crippen molar-refractivity contribution >= 4 is 11.9 Å². The Hall–Kier alpha value is -3.64. The van der Waals surface area contributed by atoms with Crippen LogP contribution in [0.2, 0.25) is 0 Å². The van der Waals surface area contributed by atoms with Gasteiger partial charge in [0.1, 0.15) is 0 Å². The van der Waals surface area contributed by atoms with Crippen LogP contribution in [0.4, 0.5) is 27.9 Å². The number of halogens is 5. The van der Waals surface area contributed by atoms with E-state index in [2.05, 4.69) is 25.4 Å². The van der Waals surface area contributed by atoms with E-state index in [1.807, 2.05) is 0 Å². The van der Waals surface area contributed by atoms with Crippen LogP contribution in [0.5, 0.6) is 0 Å². The van der Waals surface area contributed by atoms with Crippen molar-refractivity contribution in [2.24, 2.45) is 13.0 Å². The van der Waals surface area contributed by atoms with Gasteiger partial charge in [0.05, 0.1) is 41.3 Å². The minimum Gasteiger partial charge on any atom is -0.352 e. The molecule has 35 heavy (non-hydrogen) atoms. The molecule has 1 aliphatic rings. The van der Waals surface area contributed by atoms with Crippen molar-refractivity contribution in [3.05, 3.63) is 54.1 Å². The maximum atomic E-state index is 14.5. The molecule has 1 aliphatic heterocycles. The number of amides is 1. The van der Waals surface area contributed by atoms with Gasteiger partial charge < -0.3 is 10.2 Å². The summed E-state index contributed by atoms with van der Waals surface area (Å²) in [6, 6.07) is 4.42. The molecule has 186 valence electrons. The largest absolute Gasteiger partial charge is 0.419 e. The smallest absolute Gasteiger partial charge is 0.352 e. The Morgan fingerprint density at radius 2 is 1.89 bits per heavy atom. The summed E-state index contributed by atoms with van der Waals surface area (Å²) in [6.45, 7) is 0.747. The van der Waals surface area contributed by atoms with Crippen molar-refractivity contribution in [2.75, 3.05) is 18.4 Å². The quantitative estimate of drug-likeness (QED) is 0.541. The molecule has 13 heteroatoms. The topological polar surface area (TPSA) is 88.8 Å². The average Bonchev–Trinajstić information content (AvgIpc) is 3.18. The van der Waals surface area contributed by atoms with Crippen LogP contribution in [0, 0.1) is 5.92 Å². The molecule has 4 heterocycles. The van der Waals surface area contributed by atoms with Crippen LogP contribution in [0.1, 0.15) is 29.3 Å². The highest BCUT2D eigenvalue weighted by Gasteiger charge is 2.46. The number of hydrogen-bond acceptors (Lipinski definition) is 6. The Kier molecular flexibility index (Phi) is 6.43. The van der Waals surface area contributed by atoms with Crippen LogP contribution in [0.25, 0.3) is 11.4 Å². The van der Waals surface area contributed by atoms with Crippen molar-refractivity contribution < 1.29 is 26.7 Å². The molecule has 1 N–H and O–H groups in total. The van der Waals surface area contributed by atoms with E-state index in [9.17, 15) is 26.7 Å². The predicted octanol–water partition coefficient (Wildman–Crippen LogP) is 3.89. The molecule has 4 rings (SSSR count). The first-order chi connectivity index (χ1) is 16.5. The van der Waals surface area contributed by atoms with Gasteiger partial charge in [0.2, 0.25) is 5.95 Å². The fourth-order valence-corrected chi connectivity index (χ4v) is 4.20. The van der Waals surface area contributed by atoms with Crippen molar-refractivity contribution in [2.45, 2.75) is 31.5 Å². The number of piperidine rings is 1. The zero-order valence-electron chi connectivity index (χ0n) is 18.8. The third kappa shape index (κ3) is 5.23. The lowest BCUT2D eigenvalue weighted by Crippen LogP contribution is -2.57. The number of anilines is 1. The summed E-state index contributed by atoms with van der Waals surface area (Å²) < 4.78 is 68.8. The molecule has 0 aromatic carbocycles. The second-order valence-corrected chi connectivity index (χ2v) is 8.46.